The summed E-state index contributed by atoms with van der Waals surface area (Å²) in [6.07, 6.45) is 0.579. The van der Waals surface area contributed by atoms with Gasteiger partial charge in [0, 0.05) is 25.4 Å². The fourth-order valence-corrected chi connectivity index (χ4v) is 2.60. The minimum absolute atomic E-state index is 0.105. The quantitative estimate of drug-likeness (QED) is 0.892. The normalized spacial score (nSPS) is 10.3. The van der Waals surface area contributed by atoms with Crippen LogP contribution in [0.25, 0.3) is 0 Å². The Kier molecular flexibility index (Phi) is 4.92. The van der Waals surface area contributed by atoms with E-state index in [1.807, 2.05) is 5.38 Å². The van der Waals surface area contributed by atoms with Crippen LogP contribution in [0.5, 0.6) is 0 Å². The molecule has 0 spiro atoms. The Balaban J connectivity index is 1.92. The van der Waals surface area contributed by atoms with E-state index < -0.39 is 11.7 Å². The zero-order valence-electron chi connectivity index (χ0n) is 10.7. The zero-order valence-corrected chi connectivity index (χ0v) is 12.3. The van der Waals surface area contributed by atoms with Crippen LogP contribution in [0, 0.1) is 5.82 Å². The number of carbonyl (C=O) groups is 1. The number of nitrogens with zero attached hydrogens (tertiary/aromatic N) is 1. The first kappa shape index (κ1) is 14.7. The molecule has 0 fully saturated rings. The van der Waals surface area contributed by atoms with E-state index in [-0.39, 0.29) is 10.6 Å². The van der Waals surface area contributed by atoms with Crippen molar-refractivity contribution < 1.29 is 9.18 Å². The number of benzene rings is 1. The molecule has 20 heavy (non-hydrogen) atoms. The van der Waals surface area contributed by atoms with Crippen molar-refractivity contribution in [1.29, 1.82) is 0 Å². The lowest BCUT2D eigenvalue weighted by atomic mass is 10.2. The number of halogens is 2. The average Bonchev–Trinajstić information content (AvgIpc) is 2.86. The first-order valence-electron chi connectivity index (χ1n) is 5.96. The maximum absolute atomic E-state index is 13.5. The fraction of sp³-hybridized carbons (Fsp3) is 0.231. The molecule has 2 N–H and O–H groups in total. The van der Waals surface area contributed by atoms with Gasteiger partial charge in [0.25, 0.3) is 5.91 Å². The van der Waals surface area contributed by atoms with Crippen molar-refractivity contribution in [3.8, 4) is 0 Å². The highest BCUT2D eigenvalue weighted by Gasteiger charge is 2.15. The molecule has 1 amide bonds. The van der Waals surface area contributed by atoms with Crippen LogP contribution in [-0.2, 0) is 6.42 Å². The molecule has 4 nitrogen and oxygen atoms in total. The van der Waals surface area contributed by atoms with Gasteiger partial charge < -0.3 is 10.6 Å². The Hall–Kier alpha value is -1.66. The van der Waals surface area contributed by atoms with Crippen molar-refractivity contribution in [2.24, 2.45) is 0 Å². The van der Waals surface area contributed by atoms with Crippen LogP contribution >= 0.6 is 22.9 Å². The molecule has 2 aromatic rings. The highest BCUT2D eigenvalue weighted by molar-refractivity contribution is 7.13. The van der Waals surface area contributed by atoms with E-state index in [0.717, 1.165) is 10.8 Å². The molecule has 0 bridgehead atoms. The number of rotatable bonds is 5. The summed E-state index contributed by atoms with van der Waals surface area (Å²) >= 11 is 7.32. The van der Waals surface area contributed by atoms with Crippen LogP contribution in [0.15, 0.2) is 23.6 Å². The molecular weight excluding hydrogens is 301 g/mol. The third-order valence-electron chi connectivity index (χ3n) is 2.62. The van der Waals surface area contributed by atoms with Crippen LogP contribution in [0.4, 0.5) is 9.52 Å². The number of hydrogen-bond donors (Lipinski definition) is 2. The van der Waals surface area contributed by atoms with Gasteiger partial charge in [0.2, 0.25) is 0 Å². The molecule has 0 aliphatic heterocycles. The maximum atomic E-state index is 13.5. The van der Waals surface area contributed by atoms with Gasteiger partial charge >= 0.3 is 0 Å². The predicted octanol–water partition coefficient (Wildman–Crippen LogP) is 2.95. The molecule has 0 atom stereocenters. The van der Waals surface area contributed by atoms with Crippen LogP contribution in [0.3, 0.4) is 0 Å². The van der Waals surface area contributed by atoms with E-state index in [0.29, 0.717) is 13.0 Å². The second-order valence-corrected chi connectivity index (χ2v) is 5.26. The average molecular weight is 314 g/mol. The Morgan fingerprint density at radius 3 is 2.95 bits per heavy atom. The van der Waals surface area contributed by atoms with Gasteiger partial charge in [0.1, 0.15) is 5.82 Å². The van der Waals surface area contributed by atoms with Gasteiger partial charge in [0.15, 0.2) is 5.13 Å². The molecule has 0 radical (unpaired) electrons. The molecule has 1 heterocycles. The highest BCUT2D eigenvalue weighted by atomic mass is 35.5. The molecule has 0 aliphatic carbocycles. The molecular formula is C13H13ClFN3OS. The number of aromatic nitrogens is 1. The lowest BCUT2D eigenvalue weighted by Gasteiger charge is -2.06. The Morgan fingerprint density at radius 1 is 1.50 bits per heavy atom. The minimum Gasteiger partial charge on any atom is -0.365 e. The summed E-state index contributed by atoms with van der Waals surface area (Å²) in [6.45, 7) is 0.371. The first-order chi connectivity index (χ1) is 9.61. The maximum Gasteiger partial charge on any atom is 0.255 e. The monoisotopic (exact) mass is 313 g/mol. The lowest BCUT2D eigenvalue weighted by Crippen LogP contribution is -2.27. The van der Waals surface area contributed by atoms with E-state index in [1.54, 1.807) is 7.05 Å². The van der Waals surface area contributed by atoms with Crippen molar-refractivity contribution in [3.63, 3.8) is 0 Å². The topological polar surface area (TPSA) is 54.0 Å². The molecule has 106 valence electrons. The number of thiazole rings is 1. The largest absolute Gasteiger partial charge is 0.365 e. The number of nitrogens with one attached hydrogen (secondary N) is 2. The van der Waals surface area contributed by atoms with Crippen LogP contribution in [0.1, 0.15) is 16.1 Å². The summed E-state index contributed by atoms with van der Waals surface area (Å²) in [5.74, 6) is -1.14. The van der Waals surface area contributed by atoms with Gasteiger partial charge in [-0.05, 0) is 12.1 Å². The summed E-state index contributed by atoms with van der Waals surface area (Å²) in [4.78, 5) is 16.2. The SMILES string of the molecule is CNc1nc(CCNC(=O)c2c(F)cccc2Cl)cs1. The highest BCUT2D eigenvalue weighted by Crippen LogP contribution is 2.18. The smallest absolute Gasteiger partial charge is 0.255 e. The van der Waals surface area contributed by atoms with Crippen LogP contribution in [0.2, 0.25) is 5.02 Å². The molecule has 7 heteroatoms. The van der Waals surface area contributed by atoms with Gasteiger partial charge in [-0.3, -0.25) is 4.79 Å². The predicted molar refractivity (Wildman–Crippen MR) is 79.1 cm³/mol. The molecule has 0 aliphatic rings. The minimum atomic E-state index is -0.624. The molecule has 0 saturated carbocycles. The molecule has 0 saturated heterocycles. The second kappa shape index (κ2) is 6.67. The fourth-order valence-electron chi connectivity index (χ4n) is 1.64. The Bertz CT molecular complexity index is 597. The second-order valence-electron chi connectivity index (χ2n) is 4.00. The van der Waals surface area contributed by atoms with E-state index in [4.69, 9.17) is 11.6 Å². The molecule has 1 aromatic carbocycles. The van der Waals surface area contributed by atoms with E-state index in [9.17, 15) is 9.18 Å². The van der Waals surface area contributed by atoms with Gasteiger partial charge in [-0.25, -0.2) is 9.37 Å². The van der Waals surface area contributed by atoms with Gasteiger partial charge in [-0.2, -0.15) is 0 Å². The van der Waals surface area contributed by atoms with Crippen LogP contribution < -0.4 is 10.6 Å². The third kappa shape index (κ3) is 3.46. The van der Waals surface area contributed by atoms with Crippen molar-refractivity contribution in [3.05, 3.63) is 45.7 Å². The summed E-state index contributed by atoms with van der Waals surface area (Å²) < 4.78 is 13.5. The number of carbonyl (C=O) groups excluding carboxylic acids is 1. The van der Waals surface area contributed by atoms with Crippen molar-refractivity contribution >= 4 is 34.0 Å². The number of hydrogen-bond acceptors (Lipinski definition) is 4. The first-order valence-corrected chi connectivity index (χ1v) is 7.22. The van der Waals surface area contributed by atoms with E-state index in [1.165, 1.54) is 29.5 Å². The third-order valence-corrected chi connectivity index (χ3v) is 3.85. The van der Waals surface area contributed by atoms with Gasteiger partial charge in [-0.1, -0.05) is 17.7 Å². The van der Waals surface area contributed by atoms with E-state index >= 15 is 0 Å². The summed E-state index contributed by atoms with van der Waals surface area (Å²) in [6, 6.07) is 4.16. The van der Waals surface area contributed by atoms with Crippen molar-refractivity contribution in [2.45, 2.75) is 6.42 Å². The Labute approximate surface area is 125 Å². The number of amides is 1. The van der Waals surface area contributed by atoms with E-state index in [2.05, 4.69) is 15.6 Å². The van der Waals surface area contributed by atoms with Gasteiger partial charge in [-0.15, -0.1) is 11.3 Å². The Morgan fingerprint density at radius 2 is 2.30 bits per heavy atom. The van der Waals surface area contributed by atoms with Crippen molar-refractivity contribution in [1.82, 2.24) is 10.3 Å². The zero-order chi connectivity index (χ0) is 14.5. The summed E-state index contributed by atoms with van der Waals surface area (Å²) in [5, 5.41) is 8.42. The standard InChI is InChI=1S/C13H13ClFN3OS/c1-16-13-18-8(7-20-13)5-6-17-12(19)11-9(14)3-2-4-10(11)15/h2-4,7H,5-6H2,1H3,(H,16,18)(H,17,19). The van der Waals surface area contributed by atoms with Crippen LogP contribution in [-0.4, -0.2) is 24.5 Å². The molecule has 0 unspecified atom stereocenters. The number of anilines is 1. The lowest BCUT2D eigenvalue weighted by molar-refractivity contribution is 0.0950. The molecule has 2 rings (SSSR count). The molecule has 1 aromatic heterocycles. The van der Waals surface area contributed by atoms with Crippen molar-refractivity contribution in [2.75, 3.05) is 18.9 Å². The van der Waals surface area contributed by atoms with Gasteiger partial charge in [0.05, 0.1) is 16.3 Å². The summed E-state index contributed by atoms with van der Waals surface area (Å²) in [5.41, 5.74) is 0.752. The summed E-state index contributed by atoms with van der Waals surface area (Å²) in [7, 11) is 1.80.